The van der Waals surface area contributed by atoms with Gasteiger partial charge in [-0.3, -0.25) is 15.0 Å². The molecule has 1 saturated heterocycles. The Morgan fingerprint density at radius 1 is 1.06 bits per heavy atom. The van der Waals surface area contributed by atoms with Crippen LogP contribution in [0.1, 0.15) is 25.7 Å². The first-order valence-corrected chi connectivity index (χ1v) is 12.2. The van der Waals surface area contributed by atoms with Crippen LogP contribution in [0, 0.1) is 5.82 Å². The first-order valence-electron chi connectivity index (χ1n) is 10.3. The molecule has 1 aliphatic carbocycles. The second-order valence-electron chi connectivity index (χ2n) is 8.20. The maximum atomic E-state index is 13.1. The van der Waals surface area contributed by atoms with E-state index in [-0.39, 0.29) is 29.2 Å². The van der Waals surface area contributed by atoms with Crippen molar-refractivity contribution in [3.8, 4) is 0 Å². The van der Waals surface area contributed by atoms with E-state index in [9.17, 15) is 17.6 Å². The Morgan fingerprint density at radius 2 is 1.68 bits per heavy atom. The number of carbonyl (C=O) groups is 1. The molecule has 0 spiro atoms. The molecule has 1 aliphatic heterocycles. The summed E-state index contributed by atoms with van der Waals surface area (Å²) >= 11 is 5.89. The summed E-state index contributed by atoms with van der Waals surface area (Å²) in [6.45, 7) is 1.65. The van der Waals surface area contributed by atoms with E-state index >= 15 is 0 Å². The number of sulfone groups is 1. The summed E-state index contributed by atoms with van der Waals surface area (Å²) in [5, 5.41) is 6.67. The Labute approximate surface area is 186 Å². The lowest BCUT2D eigenvalue weighted by atomic mass is 10.0. The number of benzene rings is 2. The van der Waals surface area contributed by atoms with Gasteiger partial charge in [-0.15, -0.1) is 0 Å². The number of hydrogen-bond donors (Lipinski definition) is 2. The van der Waals surface area contributed by atoms with Crippen LogP contribution >= 0.6 is 11.6 Å². The molecule has 31 heavy (non-hydrogen) atoms. The van der Waals surface area contributed by atoms with Crippen LogP contribution in [0.15, 0.2) is 53.4 Å². The third-order valence-corrected chi connectivity index (χ3v) is 8.59. The molecule has 1 amide bonds. The van der Waals surface area contributed by atoms with Crippen molar-refractivity contribution >= 4 is 33.0 Å². The number of anilines is 1. The maximum Gasteiger partial charge on any atom is 0.238 e. The van der Waals surface area contributed by atoms with Crippen LogP contribution in [0.5, 0.6) is 0 Å². The van der Waals surface area contributed by atoms with Crippen LogP contribution < -0.4 is 10.6 Å². The molecule has 6 nitrogen and oxygen atoms in total. The van der Waals surface area contributed by atoms with E-state index in [1.807, 2.05) is 4.90 Å². The Kier molecular flexibility index (Phi) is 6.35. The normalized spacial score (nSPS) is 19.2. The first-order chi connectivity index (χ1) is 14.8. The van der Waals surface area contributed by atoms with Crippen LogP contribution in [0.2, 0.25) is 5.02 Å². The van der Waals surface area contributed by atoms with Crippen LogP contribution in [-0.4, -0.2) is 49.8 Å². The van der Waals surface area contributed by atoms with E-state index < -0.39 is 14.7 Å². The highest BCUT2D eigenvalue weighted by atomic mass is 35.5. The minimum Gasteiger partial charge on any atom is -0.325 e. The third kappa shape index (κ3) is 5.09. The van der Waals surface area contributed by atoms with Gasteiger partial charge in [0.1, 0.15) is 10.7 Å². The van der Waals surface area contributed by atoms with E-state index in [0.29, 0.717) is 36.6 Å². The van der Waals surface area contributed by atoms with Gasteiger partial charge in [-0.1, -0.05) is 11.6 Å². The highest BCUT2D eigenvalue weighted by Crippen LogP contribution is 2.45. The molecule has 166 valence electrons. The van der Waals surface area contributed by atoms with Gasteiger partial charge in [0, 0.05) is 29.8 Å². The summed E-state index contributed by atoms with van der Waals surface area (Å²) in [7, 11) is -3.49. The second-order valence-corrected chi connectivity index (χ2v) is 10.9. The number of halogens is 2. The second kappa shape index (κ2) is 8.86. The summed E-state index contributed by atoms with van der Waals surface area (Å²) in [5.74, 6) is -0.499. The zero-order valence-electron chi connectivity index (χ0n) is 17.0. The topological polar surface area (TPSA) is 78.5 Å². The molecule has 2 aromatic rings. The first kappa shape index (κ1) is 22.2. The molecule has 0 atom stereocenters. The zero-order valence-corrected chi connectivity index (χ0v) is 18.6. The number of hydrogen-bond acceptors (Lipinski definition) is 5. The molecule has 2 aliphatic rings. The Bertz CT molecular complexity index is 1030. The third-order valence-electron chi connectivity index (χ3n) is 5.89. The zero-order chi connectivity index (χ0) is 22.1. The highest BCUT2D eigenvalue weighted by molar-refractivity contribution is 7.93. The van der Waals surface area contributed by atoms with Gasteiger partial charge in [0.05, 0.1) is 11.4 Å². The molecule has 2 aromatic carbocycles. The monoisotopic (exact) mass is 465 g/mol. The quantitative estimate of drug-likeness (QED) is 0.655. The Hall–Kier alpha value is -2.00. The number of piperidine rings is 1. The van der Waals surface area contributed by atoms with Crippen molar-refractivity contribution in [2.75, 3.05) is 25.0 Å². The summed E-state index contributed by atoms with van der Waals surface area (Å²) in [4.78, 5) is 13.7. The Morgan fingerprint density at radius 3 is 2.26 bits per heavy atom. The highest BCUT2D eigenvalue weighted by Gasteiger charge is 2.55. The van der Waals surface area contributed by atoms with Crippen molar-refractivity contribution in [2.45, 2.75) is 41.5 Å². The smallest absolute Gasteiger partial charge is 0.238 e. The molecule has 1 heterocycles. The van der Waals surface area contributed by atoms with Crippen LogP contribution in [0.25, 0.3) is 0 Å². The lowest BCUT2D eigenvalue weighted by molar-refractivity contribution is -0.117. The van der Waals surface area contributed by atoms with Gasteiger partial charge in [0.25, 0.3) is 0 Å². The van der Waals surface area contributed by atoms with Crippen LogP contribution in [0.3, 0.4) is 0 Å². The summed E-state index contributed by atoms with van der Waals surface area (Å²) in [6, 6.07) is 12.1. The van der Waals surface area contributed by atoms with Gasteiger partial charge < -0.3 is 5.32 Å². The summed E-state index contributed by atoms with van der Waals surface area (Å²) in [6.07, 6.45) is 2.72. The number of amides is 1. The SMILES string of the molecule is O=C(CN1CCC(NC2(S(=O)(=O)c3ccc(Cl)cc3)CC2)CC1)Nc1ccc(F)cc1. The molecule has 1 saturated carbocycles. The van der Waals surface area contributed by atoms with Gasteiger partial charge in [0.2, 0.25) is 5.91 Å². The van der Waals surface area contributed by atoms with Gasteiger partial charge >= 0.3 is 0 Å². The van der Waals surface area contributed by atoms with Crippen LogP contribution in [0.4, 0.5) is 10.1 Å². The number of likely N-dealkylation sites (tertiary alicyclic amines) is 1. The number of nitrogens with one attached hydrogen (secondary N) is 2. The average Bonchev–Trinajstić information content (AvgIpc) is 3.53. The van der Waals surface area contributed by atoms with E-state index in [2.05, 4.69) is 10.6 Å². The van der Waals surface area contributed by atoms with Crippen molar-refractivity contribution in [1.29, 1.82) is 0 Å². The van der Waals surface area contributed by atoms with E-state index in [1.165, 1.54) is 24.3 Å². The van der Waals surface area contributed by atoms with Crippen LogP contribution in [-0.2, 0) is 14.6 Å². The lowest BCUT2D eigenvalue weighted by Gasteiger charge is -2.34. The van der Waals surface area contributed by atoms with E-state index in [4.69, 9.17) is 11.6 Å². The standard InChI is InChI=1S/C22H25ClFN3O3S/c23-16-1-7-20(8-2-16)31(29,30)22(11-12-22)26-19-9-13-27(14-10-19)15-21(28)25-18-5-3-17(24)4-6-18/h1-8,19,26H,9-15H2,(H,25,28). The van der Waals surface area contributed by atoms with Gasteiger partial charge in [-0.25, -0.2) is 12.8 Å². The van der Waals surface area contributed by atoms with Crippen molar-refractivity contribution < 1.29 is 17.6 Å². The van der Waals surface area contributed by atoms with Crippen molar-refractivity contribution in [3.05, 3.63) is 59.4 Å². The molecular formula is C22H25ClFN3O3S. The average molecular weight is 466 g/mol. The minimum atomic E-state index is -3.49. The van der Waals surface area contributed by atoms with Gasteiger partial charge in [-0.05, 0) is 74.2 Å². The predicted molar refractivity (Wildman–Crippen MR) is 118 cm³/mol. The van der Waals surface area contributed by atoms with Gasteiger partial charge in [0.15, 0.2) is 9.84 Å². The molecule has 2 N–H and O–H groups in total. The molecule has 2 fully saturated rings. The molecule has 9 heteroatoms. The predicted octanol–water partition coefficient (Wildman–Crippen LogP) is 3.44. The van der Waals surface area contributed by atoms with Gasteiger partial charge in [-0.2, -0.15) is 0 Å². The fraction of sp³-hybridized carbons (Fsp3) is 0.409. The number of carbonyl (C=O) groups excluding carboxylic acids is 1. The summed E-state index contributed by atoms with van der Waals surface area (Å²) in [5.41, 5.74) is 0.561. The molecule has 0 unspecified atom stereocenters. The fourth-order valence-corrected chi connectivity index (χ4v) is 6.02. The molecule has 4 rings (SSSR count). The van der Waals surface area contributed by atoms with Crippen molar-refractivity contribution in [3.63, 3.8) is 0 Å². The van der Waals surface area contributed by atoms with Crippen molar-refractivity contribution in [2.24, 2.45) is 0 Å². The minimum absolute atomic E-state index is 0.0842. The molecule has 0 bridgehead atoms. The number of nitrogens with zero attached hydrogens (tertiary/aromatic N) is 1. The maximum absolute atomic E-state index is 13.1. The largest absolute Gasteiger partial charge is 0.325 e. The molecule has 0 aromatic heterocycles. The van der Waals surface area contributed by atoms with E-state index in [1.54, 1.807) is 24.3 Å². The van der Waals surface area contributed by atoms with E-state index in [0.717, 1.165) is 12.8 Å². The lowest BCUT2D eigenvalue weighted by Crippen LogP contribution is -2.51. The summed E-state index contributed by atoms with van der Waals surface area (Å²) < 4.78 is 39.2. The molecular weight excluding hydrogens is 441 g/mol. The Balaban J connectivity index is 1.28. The fourth-order valence-electron chi connectivity index (χ4n) is 3.99. The number of rotatable bonds is 7. The van der Waals surface area contributed by atoms with Crippen molar-refractivity contribution in [1.82, 2.24) is 10.2 Å². The molecule has 0 radical (unpaired) electrons.